The molecule has 4 heteroatoms. The van der Waals surface area contributed by atoms with Gasteiger partial charge in [0.15, 0.2) is 5.25 Å². The lowest BCUT2D eigenvalue weighted by molar-refractivity contribution is 0.470. The number of nitrogens with two attached hydrogens (primary N) is 1. The third kappa shape index (κ3) is 3.77. The quantitative estimate of drug-likeness (QED) is 0.674. The van der Waals surface area contributed by atoms with Crippen molar-refractivity contribution in [2.45, 2.75) is 30.4 Å². The first kappa shape index (κ1) is 16.5. The van der Waals surface area contributed by atoms with Crippen molar-refractivity contribution >= 4 is 12.0 Å². The molecule has 3 rings (SSSR count). The van der Waals surface area contributed by atoms with Crippen molar-refractivity contribution in [2.75, 3.05) is 13.7 Å². The minimum atomic E-state index is -0.154. The van der Waals surface area contributed by atoms with Crippen molar-refractivity contribution in [1.82, 2.24) is 0 Å². The monoisotopic (exact) mass is 332 g/mol. The summed E-state index contributed by atoms with van der Waals surface area (Å²) < 4.78 is 19.0. The summed E-state index contributed by atoms with van der Waals surface area (Å²) in [6.07, 6.45) is 2.69. The topological polar surface area (TPSA) is 35.2 Å². The molecule has 23 heavy (non-hydrogen) atoms. The van der Waals surface area contributed by atoms with Gasteiger partial charge in [0, 0.05) is 13.0 Å². The lowest BCUT2D eigenvalue weighted by atomic mass is 9.87. The van der Waals surface area contributed by atoms with E-state index in [9.17, 15) is 4.39 Å². The highest BCUT2D eigenvalue weighted by Gasteiger charge is 2.27. The maximum atomic E-state index is 13.7. The Morgan fingerprint density at radius 2 is 2.04 bits per heavy atom. The highest BCUT2D eigenvalue weighted by Crippen LogP contribution is 2.35. The molecule has 0 bridgehead atoms. The third-order valence-corrected chi connectivity index (χ3v) is 5.52. The van der Waals surface area contributed by atoms with Crippen LogP contribution >= 0.6 is 0 Å². The predicted molar refractivity (Wildman–Crippen MR) is 95.3 cm³/mol. The fraction of sp³-hybridized carbons (Fsp3) is 0.368. The molecule has 0 saturated heterocycles. The Labute approximate surface area is 141 Å². The standard InChI is InChI=1S/C19H22FNOS/c1-22-23-18(12-21)11-16-9-15-10-17(20)7-6-13(15)8-14-4-2-3-5-19(14)16/h2-7,10,16,18H,8-9,11-12,21H2,1H3/p+1/t16-,18?/m1/s1. The van der Waals surface area contributed by atoms with Crippen LogP contribution in [0.3, 0.4) is 0 Å². The van der Waals surface area contributed by atoms with Crippen molar-refractivity contribution in [3.63, 3.8) is 0 Å². The molecule has 0 aromatic heterocycles. The number of rotatable bonds is 5. The van der Waals surface area contributed by atoms with Gasteiger partial charge in [0.2, 0.25) is 0 Å². The number of fused-ring (bicyclic) bond motifs is 2. The van der Waals surface area contributed by atoms with Crippen LogP contribution in [0.5, 0.6) is 0 Å². The van der Waals surface area contributed by atoms with Gasteiger partial charge in [0.25, 0.3) is 0 Å². The van der Waals surface area contributed by atoms with E-state index in [1.807, 2.05) is 6.07 Å². The summed E-state index contributed by atoms with van der Waals surface area (Å²) in [6.45, 7) is 0.601. The van der Waals surface area contributed by atoms with Crippen LogP contribution in [0, 0.1) is 5.82 Å². The fourth-order valence-corrected chi connectivity index (χ4v) is 4.23. The summed E-state index contributed by atoms with van der Waals surface area (Å²) in [7, 11) is 1.70. The second-order valence-electron chi connectivity index (χ2n) is 6.10. The Morgan fingerprint density at radius 1 is 1.22 bits per heavy atom. The summed E-state index contributed by atoms with van der Waals surface area (Å²) in [5.74, 6) is 0.198. The summed E-state index contributed by atoms with van der Waals surface area (Å²) in [4.78, 5) is 0. The van der Waals surface area contributed by atoms with E-state index in [1.165, 1.54) is 16.7 Å². The Morgan fingerprint density at radius 3 is 2.83 bits per heavy atom. The van der Waals surface area contributed by atoms with E-state index in [1.54, 1.807) is 19.2 Å². The first-order chi connectivity index (χ1) is 11.2. The van der Waals surface area contributed by atoms with Gasteiger partial charge in [-0.15, -0.1) is 0 Å². The van der Waals surface area contributed by atoms with Crippen molar-refractivity contribution in [2.24, 2.45) is 5.73 Å². The lowest BCUT2D eigenvalue weighted by Gasteiger charge is -2.19. The van der Waals surface area contributed by atoms with Gasteiger partial charge in [-0.05, 0) is 53.1 Å². The second kappa shape index (κ2) is 7.47. The van der Waals surface area contributed by atoms with Crippen molar-refractivity contribution in [1.29, 1.82) is 0 Å². The molecule has 2 aromatic rings. The minimum absolute atomic E-state index is 0.154. The molecule has 0 radical (unpaired) electrons. The average Bonchev–Trinajstić information content (AvgIpc) is 2.71. The molecule has 0 spiro atoms. The Balaban J connectivity index is 1.96. The zero-order chi connectivity index (χ0) is 16.2. The molecular formula is C19H23FNOS+. The summed E-state index contributed by atoms with van der Waals surface area (Å²) in [6, 6.07) is 13.8. The zero-order valence-electron chi connectivity index (χ0n) is 13.3. The highest BCUT2D eigenvalue weighted by atomic mass is 32.2. The predicted octanol–water partition coefficient (Wildman–Crippen LogP) is 3.15. The first-order valence-electron chi connectivity index (χ1n) is 7.99. The molecule has 2 N–H and O–H groups in total. The van der Waals surface area contributed by atoms with E-state index < -0.39 is 0 Å². The van der Waals surface area contributed by atoms with E-state index >= 15 is 0 Å². The lowest BCUT2D eigenvalue weighted by Crippen LogP contribution is -2.25. The van der Waals surface area contributed by atoms with Gasteiger partial charge in [0.05, 0.1) is 7.11 Å². The third-order valence-electron chi connectivity index (χ3n) is 4.59. The van der Waals surface area contributed by atoms with Crippen LogP contribution in [-0.2, 0) is 29.1 Å². The normalized spacial score (nSPS) is 18.0. The van der Waals surface area contributed by atoms with E-state index in [-0.39, 0.29) is 5.82 Å². The average molecular weight is 332 g/mol. The summed E-state index contributed by atoms with van der Waals surface area (Å²) in [5.41, 5.74) is 11.0. The maximum absolute atomic E-state index is 13.7. The molecular weight excluding hydrogens is 309 g/mol. The fourth-order valence-electron chi connectivity index (χ4n) is 3.50. The number of halogens is 1. The molecule has 0 saturated carbocycles. The van der Waals surface area contributed by atoms with Crippen molar-refractivity contribution in [3.8, 4) is 0 Å². The van der Waals surface area contributed by atoms with Crippen molar-refractivity contribution in [3.05, 3.63) is 70.5 Å². The molecule has 2 nitrogen and oxygen atoms in total. The minimum Gasteiger partial charge on any atom is -0.326 e. The molecule has 2 atom stereocenters. The Hall–Kier alpha value is -1.36. The van der Waals surface area contributed by atoms with Crippen LogP contribution in [0.4, 0.5) is 4.39 Å². The van der Waals surface area contributed by atoms with E-state index in [0.717, 1.165) is 36.9 Å². The molecule has 1 aliphatic rings. The van der Waals surface area contributed by atoms with Crippen molar-refractivity contribution < 1.29 is 8.57 Å². The van der Waals surface area contributed by atoms with Gasteiger partial charge in [0.1, 0.15) is 17.9 Å². The Kier molecular flexibility index (Phi) is 5.36. The van der Waals surface area contributed by atoms with Crippen LogP contribution < -0.4 is 5.73 Å². The summed E-state index contributed by atoms with van der Waals surface area (Å²) >= 11 is 0.927. The second-order valence-corrected chi connectivity index (χ2v) is 7.41. The molecule has 0 amide bonds. The van der Waals surface area contributed by atoms with Crippen LogP contribution in [0.25, 0.3) is 0 Å². The number of hydrogen-bond acceptors (Lipinski definition) is 2. The van der Waals surface area contributed by atoms with Gasteiger partial charge < -0.3 is 5.73 Å². The molecule has 0 heterocycles. The molecule has 0 aliphatic heterocycles. The zero-order valence-corrected chi connectivity index (χ0v) is 14.2. The molecule has 0 fully saturated rings. The smallest absolute Gasteiger partial charge is 0.161 e. The van der Waals surface area contributed by atoms with Gasteiger partial charge >= 0.3 is 0 Å². The van der Waals surface area contributed by atoms with Gasteiger partial charge in [-0.3, -0.25) is 0 Å². The van der Waals surface area contributed by atoms with Gasteiger partial charge in [-0.2, -0.15) is 4.18 Å². The number of hydrogen-bond donors (Lipinski definition) is 1. The summed E-state index contributed by atoms with van der Waals surface area (Å²) in [5, 5.41) is 0.299. The highest BCUT2D eigenvalue weighted by molar-refractivity contribution is 7.74. The first-order valence-corrected chi connectivity index (χ1v) is 8.88. The number of benzene rings is 2. The number of thiol groups is 1. The van der Waals surface area contributed by atoms with Crippen LogP contribution in [-0.4, -0.2) is 18.9 Å². The van der Waals surface area contributed by atoms with E-state index in [4.69, 9.17) is 9.92 Å². The van der Waals surface area contributed by atoms with Crippen LogP contribution in [0.1, 0.15) is 34.6 Å². The van der Waals surface area contributed by atoms with Gasteiger partial charge in [-0.1, -0.05) is 30.3 Å². The van der Waals surface area contributed by atoms with Crippen LogP contribution in [0.2, 0.25) is 0 Å². The molecule has 1 unspecified atom stereocenters. The Bertz CT molecular complexity index is 676. The SMILES string of the molecule is CO[SH+]C(CN)C[C@H]1Cc2cc(F)ccc2Cc2ccccc21. The molecule has 2 aromatic carbocycles. The van der Waals surface area contributed by atoms with E-state index in [0.29, 0.717) is 17.7 Å². The molecule has 122 valence electrons. The molecule has 1 aliphatic carbocycles. The largest absolute Gasteiger partial charge is 0.326 e. The van der Waals surface area contributed by atoms with Crippen LogP contribution in [0.15, 0.2) is 42.5 Å². The van der Waals surface area contributed by atoms with E-state index in [2.05, 4.69) is 24.3 Å². The van der Waals surface area contributed by atoms with Gasteiger partial charge in [-0.25, -0.2) is 4.39 Å². The maximum Gasteiger partial charge on any atom is 0.161 e.